The molecule has 0 aromatic heterocycles. The van der Waals surface area contributed by atoms with Gasteiger partial charge in [-0.1, -0.05) is 78.9 Å². The van der Waals surface area contributed by atoms with Crippen LogP contribution in [-0.4, -0.2) is 33.7 Å². The smallest absolute Gasteiger partial charge is 0.360 e. The number of carbonyl (C=O) groups excluding carboxylic acids is 1. The zero-order valence-electron chi connectivity index (χ0n) is 14.6. The number of allylic oxidation sites excluding steroid dienone is 3. The SMILES string of the molecule is O=C1OC(C(=O)O)(C(=O)O)C2C1=CC=CC2(c1ccccc1)c1ccccc1. The highest BCUT2D eigenvalue weighted by Gasteiger charge is 2.70. The summed E-state index contributed by atoms with van der Waals surface area (Å²) in [6.07, 6.45) is 4.83. The maximum Gasteiger partial charge on any atom is 0.360 e. The number of aliphatic carboxylic acids is 2. The van der Waals surface area contributed by atoms with Crippen LogP contribution in [-0.2, 0) is 24.5 Å². The van der Waals surface area contributed by atoms with E-state index in [1.807, 2.05) is 12.1 Å². The minimum Gasteiger partial charge on any atom is -0.478 e. The molecule has 0 bridgehead atoms. The van der Waals surface area contributed by atoms with E-state index in [0.29, 0.717) is 11.1 Å². The Labute approximate surface area is 160 Å². The summed E-state index contributed by atoms with van der Waals surface area (Å²) in [5.74, 6) is -5.64. The van der Waals surface area contributed by atoms with Crippen molar-refractivity contribution in [3.63, 3.8) is 0 Å². The molecule has 2 N–H and O–H groups in total. The highest BCUT2D eigenvalue weighted by Crippen LogP contribution is 2.55. The van der Waals surface area contributed by atoms with Gasteiger partial charge in [0.15, 0.2) is 0 Å². The zero-order chi connectivity index (χ0) is 19.9. The van der Waals surface area contributed by atoms with Crippen LogP contribution in [0.5, 0.6) is 0 Å². The Morgan fingerprint density at radius 2 is 1.36 bits per heavy atom. The minimum absolute atomic E-state index is 0.0278. The van der Waals surface area contributed by atoms with Gasteiger partial charge in [-0.3, -0.25) is 0 Å². The number of rotatable bonds is 4. The predicted molar refractivity (Wildman–Crippen MR) is 98.5 cm³/mol. The Bertz CT molecular complexity index is 966. The monoisotopic (exact) mass is 376 g/mol. The van der Waals surface area contributed by atoms with Gasteiger partial charge in [-0.25, -0.2) is 14.4 Å². The summed E-state index contributed by atoms with van der Waals surface area (Å²) in [5.41, 5.74) is -2.59. The van der Waals surface area contributed by atoms with E-state index >= 15 is 0 Å². The Hall–Kier alpha value is -3.67. The van der Waals surface area contributed by atoms with Crippen LogP contribution in [0.15, 0.2) is 84.5 Å². The van der Waals surface area contributed by atoms with Gasteiger partial charge >= 0.3 is 23.5 Å². The predicted octanol–water partition coefficient (Wildman–Crippen LogP) is 2.55. The average molecular weight is 376 g/mol. The molecule has 0 spiro atoms. The zero-order valence-corrected chi connectivity index (χ0v) is 14.6. The molecular weight excluding hydrogens is 360 g/mol. The van der Waals surface area contributed by atoms with Gasteiger partial charge in [0.1, 0.15) is 0 Å². The lowest BCUT2D eigenvalue weighted by molar-refractivity contribution is -0.187. The molecule has 1 saturated heterocycles. The average Bonchev–Trinajstić information content (AvgIpc) is 3.04. The minimum atomic E-state index is -2.74. The van der Waals surface area contributed by atoms with Gasteiger partial charge in [-0.2, -0.15) is 0 Å². The van der Waals surface area contributed by atoms with Gasteiger partial charge in [0.2, 0.25) is 0 Å². The van der Waals surface area contributed by atoms with Crippen molar-refractivity contribution >= 4 is 17.9 Å². The second-order valence-corrected chi connectivity index (χ2v) is 6.75. The first-order valence-electron chi connectivity index (χ1n) is 8.65. The third-order valence-corrected chi connectivity index (χ3v) is 5.44. The lowest BCUT2D eigenvalue weighted by Gasteiger charge is -2.42. The molecule has 2 aromatic carbocycles. The van der Waals surface area contributed by atoms with Crippen molar-refractivity contribution in [3.8, 4) is 0 Å². The number of esters is 1. The maximum atomic E-state index is 12.5. The normalized spacial score (nSPS) is 21.4. The van der Waals surface area contributed by atoms with E-state index in [-0.39, 0.29) is 5.57 Å². The van der Waals surface area contributed by atoms with E-state index in [1.54, 1.807) is 60.7 Å². The summed E-state index contributed by atoms with van der Waals surface area (Å²) in [5, 5.41) is 19.8. The van der Waals surface area contributed by atoms with Crippen molar-refractivity contribution in [2.24, 2.45) is 5.92 Å². The number of fused-ring (bicyclic) bond motifs is 1. The van der Waals surface area contributed by atoms with E-state index in [0.717, 1.165) is 0 Å². The summed E-state index contributed by atoms with van der Waals surface area (Å²) in [4.78, 5) is 36.9. The van der Waals surface area contributed by atoms with Gasteiger partial charge in [-0.15, -0.1) is 0 Å². The van der Waals surface area contributed by atoms with E-state index in [4.69, 9.17) is 4.74 Å². The molecule has 1 aliphatic carbocycles. The number of carbonyl (C=O) groups is 3. The summed E-state index contributed by atoms with van der Waals surface area (Å²) in [6, 6.07) is 17.9. The van der Waals surface area contributed by atoms with Crippen LogP contribution >= 0.6 is 0 Å². The van der Waals surface area contributed by atoms with Crippen molar-refractivity contribution < 1.29 is 29.3 Å². The molecule has 4 rings (SSSR count). The van der Waals surface area contributed by atoms with Gasteiger partial charge in [0, 0.05) is 5.57 Å². The third kappa shape index (κ3) is 2.18. The molecule has 1 aliphatic heterocycles. The van der Waals surface area contributed by atoms with E-state index < -0.39 is 34.8 Å². The number of carboxylic acid groups (broad SMARTS) is 2. The molecule has 140 valence electrons. The van der Waals surface area contributed by atoms with E-state index in [1.165, 1.54) is 6.08 Å². The fourth-order valence-electron chi connectivity index (χ4n) is 4.28. The molecule has 1 fully saturated rings. The summed E-state index contributed by atoms with van der Waals surface area (Å²) in [7, 11) is 0. The third-order valence-electron chi connectivity index (χ3n) is 5.44. The Morgan fingerprint density at radius 1 is 0.857 bits per heavy atom. The molecule has 6 heteroatoms. The van der Waals surface area contributed by atoms with Gasteiger partial charge in [-0.05, 0) is 11.1 Å². The highest BCUT2D eigenvalue weighted by atomic mass is 16.6. The van der Waals surface area contributed by atoms with E-state index in [9.17, 15) is 24.6 Å². The van der Waals surface area contributed by atoms with Crippen LogP contribution in [0, 0.1) is 5.92 Å². The van der Waals surface area contributed by atoms with Crippen molar-refractivity contribution in [1.29, 1.82) is 0 Å². The van der Waals surface area contributed by atoms with Gasteiger partial charge < -0.3 is 14.9 Å². The van der Waals surface area contributed by atoms with Crippen LogP contribution in [0.25, 0.3) is 0 Å². The molecule has 1 heterocycles. The number of benzene rings is 2. The number of hydrogen-bond donors (Lipinski definition) is 2. The molecule has 0 saturated carbocycles. The van der Waals surface area contributed by atoms with Crippen LogP contribution in [0.3, 0.4) is 0 Å². The quantitative estimate of drug-likeness (QED) is 0.628. The largest absolute Gasteiger partial charge is 0.478 e. The van der Waals surface area contributed by atoms with Crippen LogP contribution in [0.4, 0.5) is 0 Å². The van der Waals surface area contributed by atoms with Crippen LogP contribution < -0.4 is 0 Å². The van der Waals surface area contributed by atoms with Gasteiger partial charge in [0.05, 0.1) is 11.3 Å². The molecule has 0 amide bonds. The first kappa shape index (κ1) is 17.7. The molecule has 2 aliphatic rings. The molecule has 6 nitrogen and oxygen atoms in total. The van der Waals surface area contributed by atoms with Crippen molar-refractivity contribution in [2.75, 3.05) is 0 Å². The lowest BCUT2D eigenvalue weighted by Crippen LogP contribution is -2.58. The summed E-state index contributed by atoms with van der Waals surface area (Å²) in [6.45, 7) is 0. The first-order chi connectivity index (χ1) is 13.4. The Balaban J connectivity index is 2.11. The van der Waals surface area contributed by atoms with Crippen LogP contribution in [0.1, 0.15) is 11.1 Å². The second-order valence-electron chi connectivity index (χ2n) is 6.75. The fourth-order valence-corrected chi connectivity index (χ4v) is 4.28. The molecule has 0 radical (unpaired) electrons. The van der Waals surface area contributed by atoms with Crippen molar-refractivity contribution in [3.05, 3.63) is 95.6 Å². The number of ether oxygens (including phenoxy) is 1. The molecule has 1 unspecified atom stereocenters. The fraction of sp³-hybridized carbons (Fsp3) is 0.136. The highest BCUT2D eigenvalue weighted by molar-refractivity contribution is 6.11. The number of cyclic esters (lactones) is 1. The van der Waals surface area contributed by atoms with Crippen molar-refractivity contribution in [2.45, 2.75) is 11.0 Å². The summed E-state index contributed by atoms with van der Waals surface area (Å²) >= 11 is 0. The van der Waals surface area contributed by atoms with E-state index in [2.05, 4.69) is 0 Å². The molecule has 2 aromatic rings. The Kier molecular flexibility index (Phi) is 3.92. The first-order valence-corrected chi connectivity index (χ1v) is 8.65. The second kappa shape index (κ2) is 6.20. The lowest BCUT2D eigenvalue weighted by atomic mass is 9.57. The number of carboxylic acids is 2. The topological polar surface area (TPSA) is 101 Å². The standard InChI is InChI=1S/C22H16O6/c23-18-16-12-7-13-21(14-8-3-1-4-9-14,15-10-5-2-6-11-15)17(16)22(28-18,19(24)25)20(26)27/h1-13,17H,(H,24,25)(H,26,27). The molecule has 28 heavy (non-hydrogen) atoms. The van der Waals surface area contributed by atoms with Gasteiger partial charge in [0.25, 0.3) is 0 Å². The van der Waals surface area contributed by atoms with Crippen molar-refractivity contribution in [1.82, 2.24) is 0 Å². The summed E-state index contributed by atoms with van der Waals surface area (Å²) < 4.78 is 5.07. The number of hydrogen-bond acceptors (Lipinski definition) is 4. The molecular formula is C22H16O6. The molecule has 1 atom stereocenters. The maximum absolute atomic E-state index is 12.5. The Morgan fingerprint density at radius 3 is 1.82 bits per heavy atom. The van der Waals surface area contributed by atoms with Crippen LogP contribution in [0.2, 0.25) is 0 Å².